The molecule has 0 unspecified atom stereocenters. The van der Waals surface area contributed by atoms with E-state index in [1.165, 1.54) is 6.07 Å². The van der Waals surface area contributed by atoms with Gasteiger partial charge >= 0.3 is 0 Å². The summed E-state index contributed by atoms with van der Waals surface area (Å²) in [4.78, 5) is 18.9. The first-order valence-electron chi connectivity index (χ1n) is 5.93. The lowest BCUT2D eigenvalue weighted by atomic mass is 10.2. The van der Waals surface area contributed by atoms with Gasteiger partial charge in [0.05, 0.1) is 29.1 Å². The highest BCUT2D eigenvalue weighted by Gasteiger charge is 2.14. The Morgan fingerprint density at radius 1 is 1.30 bits per heavy atom. The summed E-state index contributed by atoms with van der Waals surface area (Å²) >= 11 is 3.33. The number of benzene rings is 1. The van der Waals surface area contributed by atoms with Crippen molar-refractivity contribution in [3.8, 4) is 0 Å². The molecule has 0 radical (unpaired) electrons. The van der Waals surface area contributed by atoms with E-state index in [2.05, 4.69) is 31.2 Å². The Balaban J connectivity index is 2.16. The molecule has 0 aliphatic rings. The van der Waals surface area contributed by atoms with Gasteiger partial charge in [0.2, 0.25) is 0 Å². The smallest absolute Gasteiger partial charge is 0.273 e. The second kappa shape index (κ2) is 5.96. The lowest BCUT2D eigenvalue weighted by Gasteiger charge is -2.09. The molecule has 1 aromatic carbocycles. The molecule has 1 heterocycles. The SMILES string of the molecule is Cc1cnc(CNc2cc(C)c([N+](=O)[O-])cc2Br)cn1. The van der Waals surface area contributed by atoms with Crippen LogP contribution in [0, 0.1) is 24.0 Å². The third-order valence-corrected chi connectivity index (χ3v) is 3.43. The fraction of sp³-hybridized carbons (Fsp3) is 0.231. The summed E-state index contributed by atoms with van der Waals surface area (Å²) in [6.07, 6.45) is 3.40. The van der Waals surface area contributed by atoms with Crippen LogP contribution in [0.2, 0.25) is 0 Å². The highest BCUT2D eigenvalue weighted by molar-refractivity contribution is 9.10. The Kier molecular flexibility index (Phi) is 4.29. The molecule has 0 saturated carbocycles. The zero-order valence-electron chi connectivity index (χ0n) is 11.1. The van der Waals surface area contributed by atoms with Gasteiger partial charge in [0.1, 0.15) is 0 Å². The third kappa shape index (κ3) is 3.30. The van der Waals surface area contributed by atoms with Crippen molar-refractivity contribution >= 4 is 27.3 Å². The van der Waals surface area contributed by atoms with Crippen LogP contribution in [0.15, 0.2) is 29.0 Å². The summed E-state index contributed by atoms with van der Waals surface area (Å²) in [5, 5.41) is 14.0. The van der Waals surface area contributed by atoms with E-state index in [-0.39, 0.29) is 5.69 Å². The number of aryl methyl sites for hydroxylation is 2. The van der Waals surface area contributed by atoms with Crippen molar-refractivity contribution in [1.29, 1.82) is 0 Å². The zero-order valence-corrected chi connectivity index (χ0v) is 12.6. The van der Waals surface area contributed by atoms with E-state index in [1.54, 1.807) is 25.4 Å². The average Bonchev–Trinajstić information content (AvgIpc) is 2.41. The number of anilines is 1. The van der Waals surface area contributed by atoms with Crippen LogP contribution in [0.5, 0.6) is 0 Å². The fourth-order valence-electron chi connectivity index (χ4n) is 1.70. The molecule has 2 rings (SSSR count). The number of hydrogen-bond acceptors (Lipinski definition) is 5. The van der Waals surface area contributed by atoms with E-state index in [9.17, 15) is 10.1 Å². The quantitative estimate of drug-likeness (QED) is 0.683. The molecular weight excluding hydrogens is 324 g/mol. The number of nitro benzene ring substituents is 1. The van der Waals surface area contributed by atoms with Gasteiger partial charge in [-0.25, -0.2) is 0 Å². The molecule has 0 aliphatic heterocycles. The molecule has 0 aliphatic carbocycles. The Bertz CT molecular complexity index is 644. The van der Waals surface area contributed by atoms with Crippen LogP contribution >= 0.6 is 15.9 Å². The van der Waals surface area contributed by atoms with Gasteiger partial charge in [0.25, 0.3) is 5.69 Å². The summed E-state index contributed by atoms with van der Waals surface area (Å²) < 4.78 is 0.648. The van der Waals surface area contributed by atoms with E-state index in [4.69, 9.17) is 0 Å². The number of nitrogens with zero attached hydrogens (tertiary/aromatic N) is 3. The topological polar surface area (TPSA) is 81.0 Å². The van der Waals surface area contributed by atoms with Crippen molar-refractivity contribution in [3.05, 3.63) is 56.1 Å². The first-order chi connectivity index (χ1) is 9.47. The van der Waals surface area contributed by atoms with Crippen LogP contribution in [-0.4, -0.2) is 14.9 Å². The minimum Gasteiger partial charge on any atom is -0.378 e. The van der Waals surface area contributed by atoms with Crippen LogP contribution in [0.4, 0.5) is 11.4 Å². The third-order valence-electron chi connectivity index (χ3n) is 2.78. The minimum atomic E-state index is -0.394. The fourth-order valence-corrected chi connectivity index (χ4v) is 2.17. The second-order valence-electron chi connectivity index (χ2n) is 4.38. The van der Waals surface area contributed by atoms with Gasteiger partial charge < -0.3 is 5.32 Å². The summed E-state index contributed by atoms with van der Waals surface area (Å²) in [5.41, 5.74) is 3.16. The standard InChI is InChI=1S/C13H13BrN4O2/c1-8-3-12(11(14)4-13(8)18(19)20)17-7-10-6-15-9(2)5-16-10/h3-6,17H,7H2,1-2H3. The molecule has 104 valence electrons. The molecule has 20 heavy (non-hydrogen) atoms. The molecule has 2 aromatic rings. The first-order valence-corrected chi connectivity index (χ1v) is 6.72. The van der Waals surface area contributed by atoms with Crippen molar-refractivity contribution in [2.24, 2.45) is 0 Å². The maximum atomic E-state index is 10.8. The monoisotopic (exact) mass is 336 g/mol. The van der Waals surface area contributed by atoms with Gasteiger partial charge in [-0.15, -0.1) is 0 Å². The lowest BCUT2D eigenvalue weighted by Crippen LogP contribution is -2.04. The lowest BCUT2D eigenvalue weighted by molar-refractivity contribution is -0.385. The largest absolute Gasteiger partial charge is 0.378 e. The van der Waals surface area contributed by atoms with Gasteiger partial charge in [0, 0.05) is 28.0 Å². The van der Waals surface area contributed by atoms with Gasteiger partial charge in [0.15, 0.2) is 0 Å². The molecule has 0 spiro atoms. The number of aromatic nitrogens is 2. The molecule has 0 atom stereocenters. The number of hydrogen-bond donors (Lipinski definition) is 1. The van der Waals surface area contributed by atoms with E-state index in [0.29, 0.717) is 16.6 Å². The molecule has 1 aromatic heterocycles. The summed E-state index contributed by atoms with van der Waals surface area (Å²) in [6, 6.07) is 3.24. The van der Waals surface area contributed by atoms with Gasteiger partial charge in [-0.05, 0) is 35.8 Å². The highest BCUT2D eigenvalue weighted by Crippen LogP contribution is 2.30. The molecule has 6 nitrogen and oxygen atoms in total. The predicted octanol–water partition coefficient (Wildman–Crippen LogP) is 3.38. The van der Waals surface area contributed by atoms with Crippen LogP contribution in [0.3, 0.4) is 0 Å². The highest BCUT2D eigenvalue weighted by atomic mass is 79.9. The van der Waals surface area contributed by atoms with Crippen LogP contribution in [-0.2, 0) is 6.54 Å². The van der Waals surface area contributed by atoms with Crippen molar-refractivity contribution in [2.45, 2.75) is 20.4 Å². The van der Waals surface area contributed by atoms with Gasteiger partial charge in [-0.2, -0.15) is 0 Å². The van der Waals surface area contributed by atoms with Crippen molar-refractivity contribution in [3.63, 3.8) is 0 Å². The van der Waals surface area contributed by atoms with Crippen molar-refractivity contribution in [1.82, 2.24) is 9.97 Å². The molecule has 1 N–H and O–H groups in total. The maximum absolute atomic E-state index is 10.8. The molecule has 0 amide bonds. The van der Waals surface area contributed by atoms with E-state index >= 15 is 0 Å². The molecular formula is C13H13BrN4O2. The Morgan fingerprint density at radius 3 is 2.65 bits per heavy atom. The molecule has 7 heteroatoms. The van der Waals surface area contributed by atoms with Gasteiger partial charge in [-0.3, -0.25) is 20.1 Å². The van der Waals surface area contributed by atoms with Gasteiger partial charge in [-0.1, -0.05) is 0 Å². The molecule has 0 saturated heterocycles. The van der Waals surface area contributed by atoms with Crippen LogP contribution in [0.25, 0.3) is 0 Å². The average molecular weight is 337 g/mol. The number of rotatable bonds is 4. The van der Waals surface area contributed by atoms with Crippen molar-refractivity contribution in [2.75, 3.05) is 5.32 Å². The van der Waals surface area contributed by atoms with E-state index in [0.717, 1.165) is 17.1 Å². The summed E-state index contributed by atoms with van der Waals surface area (Å²) in [5.74, 6) is 0. The normalized spacial score (nSPS) is 10.3. The second-order valence-corrected chi connectivity index (χ2v) is 5.23. The van der Waals surface area contributed by atoms with Crippen molar-refractivity contribution < 1.29 is 4.92 Å². The number of nitro groups is 1. The number of halogens is 1. The Hall–Kier alpha value is -2.02. The Morgan fingerprint density at radius 2 is 2.05 bits per heavy atom. The Labute approximate surface area is 124 Å². The van der Waals surface area contributed by atoms with Crippen LogP contribution in [0.1, 0.15) is 17.0 Å². The molecule has 0 fully saturated rings. The van der Waals surface area contributed by atoms with E-state index in [1.807, 2.05) is 6.92 Å². The minimum absolute atomic E-state index is 0.0950. The maximum Gasteiger partial charge on any atom is 0.273 e. The van der Waals surface area contributed by atoms with Crippen LogP contribution < -0.4 is 5.32 Å². The zero-order chi connectivity index (χ0) is 14.7. The predicted molar refractivity (Wildman–Crippen MR) is 79.6 cm³/mol. The first kappa shape index (κ1) is 14.4. The van der Waals surface area contributed by atoms with E-state index < -0.39 is 4.92 Å². The summed E-state index contributed by atoms with van der Waals surface area (Å²) in [6.45, 7) is 4.09. The number of nitrogens with one attached hydrogen (secondary N) is 1. The molecule has 0 bridgehead atoms. The summed E-state index contributed by atoms with van der Waals surface area (Å²) in [7, 11) is 0.